The van der Waals surface area contributed by atoms with Crippen LogP contribution in [-0.4, -0.2) is 0 Å². The van der Waals surface area contributed by atoms with E-state index in [9.17, 15) is 0 Å². The van der Waals surface area contributed by atoms with E-state index in [1.165, 1.54) is 22.3 Å². The van der Waals surface area contributed by atoms with Crippen LogP contribution < -0.4 is 0 Å². The van der Waals surface area contributed by atoms with E-state index >= 15 is 0 Å². The van der Waals surface area contributed by atoms with Gasteiger partial charge in [0, 0.05) is 5.92 Å². The summed E-state index contributed by atoms with van der Waals surface area (Å²) in [6.45, 7) is 53.5. The number of hydrogen-bond donors (Lipinski definition) is 0. The molecule has 0 heterocycles. The second-order valence-corrected chi connectivity index (χ2v) is 20.8. The van der Waals surface area contributed by atoms with Gasteiger partial charge in [-0.1, -0.05) is 171 Å². The lowest BCUT2D eigenvalue weighted by atomic mass is 9.60. The first-order valence-corrected chi connectivity index (χ1v) is 17.2. The van der Waals surface area contributed by atoms with E-state index < -0.39 is 0 Å². The molecule has 0 aliphatic carbocycles. The minimum absolute atomic E-state index is 0.00456. The lowest BCUT2D eigenvalue weighted by Gasteiger charge is -2.44. The van der Waals surface area contributed by atoms with Gasteiger partial charge in [0.15, 0.2) is 0 Å². The lowest BCUT2D eigenvalue weighted by Crippen LogP contribution is -2.34. The van der Waals surface area contributed by atoms with Crippen LogP contribution in [0.25, 0.3) is 0 Å². The molecule has 0 heteroatoms. The summed E-state index contributed by atoms with van der Waals surface area (Å²) in [6.07, 6.45) is 1.07. The van der Waals surface area contributed by atoms with Crippen molar-refractivity contribution >= 4 is 0 Å². The van der Waals surface area contributed by atoms with E-state index in [4.69, 9.17) is 0 Å². The third-order valence-electron chi connectivity index (χ3n) is 9.20. The van der Waals surface area contributed by atoms with Gasteiger partial charge in [0.2, 0.25) is 0 Å². The average molecular weight is 589 g/mol. The molecule has 2 aromatic carbocycles. The molecular weight excluding hydrogens is 516 g/mol. The van der Waals surface area contributed by atoms with E-state index in [2.05, 4.69) is 171 Å². The SMILES string of the molecule is CCC(c1c(C(C)(C)C)ccc(C(C)(C)C)c1C(C)(C)C)c1c(C(C)(C)C)cc(C(C)(C)C)c(C(C)(C)C)c1C(C)(C)C. The highest BCUT2D eigenvalue weighted by molar-refractivity contribution is 5.62. The van der Waals surface area contributed by atoms with Crippen LogP contribution >= 0.6 is 0 Å². The van der Waals surface area contributed by atoms with Crippen molar-refractivity contribution in [2.24, 2.45) is 0 Å². The van der Waals surface area contributed by atoms with Gasteiger partial charge < -0.3 is 0 Å². The fraction of sp³-hybridized carbons (Fsp3) is 0.721. The standard InChI is InChI=1S/C43H72/c1-23-27(32-28(37(2,3)4)24-25-29(38(5,6)7)34(32)41(14,15)16)33-30(39(8,9)10)26-31(40(11,12)13)35(42(17,18)19)36(33)43(20,21)22/h24-27H,23H2,1-22H3. The monoisotopic (exact) mass is 589 g/mol. The van der Waals surface area contributed by atoms with Gasteiger partial charge >= 0.3 is 0 Å². The van der Waals surface area contributed by atoms with Gasteiger partial charge in [0.25, 0.3) is 0 Å². The molecule has 0 saturated heterocycles. The second-order valence-electron chi connectivity index (χ2n) is 20.8. The van der Waals surface area contributed by atoms with Crippen molar-refractivity contribution in [2.45, 2.75) is 203 Å². The fourth-order valence-corrected chi connectivity index (χ4v) is 7.45. The van der Waals surface area contributed by atoms with E-state index in [-0.39, 0.29) is 37.9 Å². The predicted molar refractivity (Wildman–Crippen MR) is 196 cm³/mol. The summed E-state index contributed by atoms with van der Waals surface area (Å²) in [7, 11) is 0. The van der Waals surface area contributed by atoms with Gasteiger partial charge in [-0.25, -0.2) is 0 Å². The van der Waals surface area contributed by atoms with E-state index in [0.29, 0.717) is 5.92 Å². The highest BCUT2D eigenvalue weighted by Gasteiger charge is 2.42. The Labute approximate surface area is 270 Å². The van der Waals surface area contributed by atoms with Crippen LogP contribution in [0.1, 0.15) is 215 Å². The Kier molecular flexibility index (Phi) is 9.93. The van der Waals surface area contributed by atoms with Gasteiger partial charge in [0.1, 0.15) is 0 Å². The molecule has 0 fully saturated rings. The van der Waals surface area contributed by atoms with Gasteiger partial charge in [-0.2, -0.15) is 0 Å². The molecule has 2 rings (SSSR count). The van der Waals surface area contributed by atoms with Crippen molar-refractivity contribution in [1.82, 2.24) is 0 Å². The van der Waals surface area contributed by atoms with Gasteiger partial charge in [0.05, 0.1) is 0 Å². The highest BCUT2D eigenvalue weighted by Crippen LogP contribution is 2.53. The Morgan fingerprint density at radius 1 is 0.372 bits per heavy atom. The first-order valence-electron chi connectivity index (χ1n) is 17.2. The number of rotatable bonds is 3. The molecule has 0 N–H and O–H groups in total. The van der Waals surface area contributed by atoms with Crippen LogP contribution in [0, 0.1) is 0 Å². The van der Waals surface area contributed by atoms with Crippen LogP contribution in [0.2, 0.25) is 0 Å². The summed E-state index contributed by atoms with van der Waals surface area (Å²) in [4.78, 5) is 0. The minimum atomic E-state index is -0.0158. The maximum Gasteiger partial charge on any atom is 0.00986 e. The first kappa shape index (κ1) is 37.6. The highest BCUT2D eigenvalue weighted by atomic mass is 14.5. The van der Waals surface area contributed by atoms with Gasteiger partial charge in [-0.05, 0) is 94.4 Å². The molecule has 0 spiro atoms. The van der Waals surface area contributed by atoms with Crippen molar-refractivity contribution in [1.29, 1.82) is 0 Å². The Morgan fingerprint density at radius 3 is 1.00 bits per heavy atom. The third-order valence-corrected chi connectivity index (χ3v) is 9.20. The van der Waals surface area contributed by atoms with E-state index in [0.717, 1.165) is 6.42 Å². The zero-order chi connectivity index (χ0) is 34.1. The lowest BCUT2D eigenvalue weighted by molar-refractivity contribution is 0.474. The molecule has 1 unspecified atom stereocenters. The number of benzene rings is 2. The molecule has 2 aromatic rings. The normalized spacial score (nSPS) is 15.2. The van der Waals surface area contributed by atoms with Crippen molar-refractivity contribution in [2.75, 3.05) is 0 Å². The van der Waals surface area contributed by atoms with Gasteiger partial charge in [-0.3, -0.25) is 0 Å². The second kappa shape index (κ2) is 11.4. The Morgan fingerprint density at radius 2 is 0.698 bits per heavy atom. The minimum Gasteiger partial charge on any atom is -0.0645 e. The summed E-state index contributed by atoms with van der Waals surface area (Å²) in [5.41, 5.74) is 14.1. The van der Waals surface area contributed by atoms with Crippen LogP contribution in [0.5, 0.6) is 0 Å². The Balaban J connectivity index is 3.56. The molecule has 0 aliphatic heterocycles. The smallest absolute Gasteiger partial charge is 0.00986 e. The van der Waals surface area contributed by atoms with Crippen LogP contribution in [0.4, 0.5) is 0 Å². The summed E-state index contributed by atoms with van der Waals surface area (Å²) in [5.74, 6) is 0.296. The van der Waals surface area contributed by atoms with Crippen molar-refractivity contribution in [3.05, 3.63) is 68.3 Å². The molecule has 0 nitrogen and oxygen atoms in total. The molecular formula is C43H72. The molecule has 0 saturated carbocycles. The summed E-state index contributed by atoms with van der Waals surface area (Å²) >= 11 is 0. The summed E-state index contributed by atoms with van der Waals surface area (Å²) in [6, 6.07) is 7.61. The number of hydrogen-bond acceptors (Lipinski definition) is 0. The molecule has 0 aliphatic rings. The van der Waals surface area contributed by atoms with Crippen molar-refractivity contribution in [3.63, 3.8) is 0 Å². The zero-order valence-corrected chi connectivity index (χ0v) is 33.0. The Hall–Kier alpha value is -1.56. The molecule has 0 radical (unpaired) electrons. The summed E-state index contributed by atoms with van der Waals surface area (Å²) < 4.78 is 0. The molecule has 244 valence electrons. The van der Waals surface area contributed by atoms with E-state index in [1.54, 1.807) is 27.8 Å². The van der Waals surface area contributed by atoms with Crippen molar-refractivity contribution < 1.29 is 0 Å². The quantitative estimate of drug-likeness (QED) is 0.334. The molecule has 0 bridgehead atoms. The fourth-order valence-electron chi connectivity index (χ4n) is 7.45. The Bertz CT molecular complexity index is 1290. The third kappa shape index (κ3) is 7.82. The van der Waals surface area contributed by atoms with Crippen LogP contribution in [-0.2, 0) is 37.9 Å². The van der Waals surface area contributed by atoms with E-state index in [1.807, 2.05) is 0 Å². The van der Waals surface area contributed by atoms with Crippen LogP contribution in [0.3, 0.4) is 0 Å². The van der Waals surface area contributed by atoms with Gasteiger partial charge in [-0.15, -0.1) is 0 Å². The molecule has 43 heavy (non-hydrogen) atoms. The largest absolute Gasteiger partial charge is 0.0645 e. The maximum atomic E-state index is 2.65. The van der Waals surface area contributed by atoms with Crippen molar-refractivity contribution in [3.8, 4) is 0 Å². The molecule has 0 aromatic heterocycles. The zero-order valence-electron chi connectivity index (χ0n) is 33.0. The van der Waals surface area contributed by atoms with Crippen LogP contribution in [0.15, 0.2) is 18.2 Å². The molecule has 1 atom stereocenters. The maximum absolute atomic E-state index is 2.65. The predicted octanol–water partition coefficient (Wildman–Crippen LogP) is 13.3. The first-order chi connectivity index (χ1) is 18.8. The summed E-state index contributed by atoms with van der Waals surface area (Å²) in [5, 5.41) is 0. The topological polar surface area (TPSA) is 0 Å². The molecule has 0 amide bonds. The average Bonchev–Trinajstić information content (AvgIpc) is 2.73.